The highest BCUT2D eigenvalue weighted by Gasteiger charge is 2.24. The molecule has 0 aliphatic rings. The SMILES string of the molecule is C=CCN(Cc1cccs1)C(=O)c1cc(S(N)(=O)=O)c(C)o1. The van der Waals surface area contributed by atoms with Gasteiger partial charge in [0.2, 0.25) is 10.0 Å². The van der Waals surface area contributed by atoms with Crippen molar-refractivity contribution in [1.29, 1.82) is 0 Å². The molecule has 0 aliphatic heterocycles. The van der Waals surface area contributed by atoms with Crippen LogP contribution in [0.3, 0.4) is 0 Å². The molecule has 0 bridgehead atoms. The van der Waals surface area contributed by atoms with Crippen LogP contribution in [-0.4, -0.2) is 25.8 Å². The van der Waals surface area contributed by atoms with Gasteiger partial charge in [0.05, 0.1) is 6.54 Å². The number of furan rings is 1. The van der Waals surface area contributed by atoms with E-state index in [4.69, 9.17) is 9.56 Å². The van der Waals surface area contributed by atoms with Gasteiger partial charge in [0.1, 0.15) is 10.7 Å². The lowest BCUT2D eigenvalue weighted by Crippen LogP contribution is -2.30. The van der Waals surface area contributed by atoms with E-state index in [9.17, 15) is 13.2 Å². The van der Waals surface area contributed by atoms with Crippen LogP contribution in [0.15, 0.2) is 45.5 Å². The Hall–Kier alpha value is -1.90. The van der Waals surface area contributed by atoms with Crippen molar-refractivity contribution in [2.24, 2.45) is 5.14 Å². The van der Waals surface area contributed by atoms with Crippen molar-refractivity contribution in [3.8, 4) is 0 Å². The van der Waals surface area contributed by atoms with Gasteiger partial charge in [-0.05, 0) is 18.4 Å². The lowest BCUT2D eigenvalue weighted by molar-refractivity contribution is 0.0731. The molecule has 1 amide bonds. The van der Waals surface area contributed by atoms with Gasteiger partial charge in [0.25, 0.3) is 5.91 Å². The molecule has 2 rings (SSSR count). The Kier molecular flexibility index (Phi) is 4.84. The molecule has 0 saturated heterocycles. The third-order valence-electron chi connectivity index (χ3n) is 2.95. The molecule has 6 nitrogen and oxygen atoms in total. The summed E-state index contributed by atoms with van der Waals surface area (Å²) in [5.74, 6) is -0.369. The molecular weight excluding hydrogens is 324 g/mol. The van der Waals surface area contributed by atoms with Gasteiger partial charge < -0.3 is 9.32 Å². The highest BCUT2D eigenvalue weighted by Crippen LogP contribution is 2.21. The smallest absolute Gasteiger partial charge is 0.290 e. The molecular formula is C14H16N2O4S2. The molecule has 8 heteroatoms. The highest BCUT2D eigenvalue weighted by molar-refractivity contribution is 7.89. The van der Waals surface area contributed by atoms with Crippen LogP contribution in [0.4, 0.5) is 0 Å². The van der Waals surface area contributed by atoms with Crippen LogP contribution in [0.5, 0.6) is 0 Å². The monoisotopic (exact) mass is 340 g/mol. The summed E-state index contributed by atoms with van der Waals surface area (Å²) in [5, 5.41) is 7.01. The lowest BCUT2D eigenvalue weighted by Gasteiger charge is -2.18. The van der Waals surface area contributed by atoms with Gasteiger partial charge >= 0.3 is 0 Å². The van der Waals surface area contributed by atoms with Gasteiger partial charge in [-0.15, -0.1) is 17.9 Å². The fourth-order valence-electron chi connectivity index (χ4n) is 1.97. The summed E-state index contributed by atoms with van der Waals surface area (Å²) in [6.07, 6.45) is 1.60. The van der Waals surface area contributed by atoms with E-state index in [1.165, 1.54) is 23.2 Å². The Labute approximate surface area is 132 Å². The first-order chi connectivity index (χ1) is 10.3. The molecule has 0 fully saturated rings. The normalized spacial score (nSPS) is 11.4. The zero-order valence-electron chi connectivity index (χ0n) is 12.0. The minimum atomic E-state index is -3.92. The van der Waals surface area contributed by atoms with E-state index in [-0.39, 0.29) is 16.4 Å². The van der Waals surface area contributed by atoms with Gasteiger partial charge in [-0.3, -0.25) is 4.79 Å². The third-order valence-corrected chi connectivity index (χ3v) is 4.83. The molecule has 2 heterocycles. The van der Waals surface area contributed by atoms with Crippen molar-refractivity contribution in [1.82, 2.24) is 4.90 Å². The van der Waals surface area contributed by atoms with E-state index in [1.54, 1.807) is 6.08 Å². The molecule has 0 aliphatic carbocycles. The molecule has 2 aromatic rings. The molecule has 0 saturated carbocycles. The average molecular weight is 340 g/mol. The molecule has 118 valence electrons. The fourth-order valence-corrected chi connectivity index (χ4v) is 3.41. The van der Waals surface area contributed by atoms with E-state index in [0.29, 0.717) is 13.1 Å². The van der Waals surface area contributed by atoms with Crippen LogP contribution in [-0.2, 0) is 16.6 Å². The summed E-state index contributed by atoms with van der Waals surface area (Å²) >= 11 is 1.53. The number of hydrogen-bond acceptors (Lipinski definition) is 5. The number of primary sulfonamides is 1. The molecule has 2 aromatic heterocycles. The van der Waals surface area contributed by atoms with Gasteiger partial charge in [-0.25, -0.2) is 13.6 Å². The largest absolute Gasteiger partial charge is 0.455 e. The zero-order chi connectivity index (χ0) is 16.3. The van der Waals surface area contributed by atoms with E-state index in [0.717, 1.165) is 10.9 Å². The second-order valence-corrected chi connectivity index (χ2v) is 7.19. The minimum absolute atomic E-state index is 0.0556. The Balaban J connectivity index is 2.29. The Bertz CT molecular complexity index is 776. The summed E-state index contributed by atoms with van der Waals surface area (Å²) in [4.78, 5) is 14.9. The Morgan fingerprint density at radius 3 is 2.77 bits per heavy atom. The van der Waals surface area contributed by atoms with Crippen molar-refractivity contribution in [2.45, 2.75) is 18.4 Å². The summed E-state index contributed by atoms with van der Waals surface area (Å²) in [7, 11) is -3.92. The standard InChI is InChI=1S/C14H16N2O4S2/c1-3-6-16(9-11-5-4-7-21-11)14(17)12-8-13(10(2)20-12)22(15,18)19/h3-5,7-8H,1,6,9H2,2H3,(H2,15,18,19). The molecule has 2 N–H and O–H groups in total. The van der Waals surface area contributed by atoms with E-state index >= 15 is 0 Å². The number of hydrogen-bond donors (Lipinski definition) is 1. The first kappa shape index (κ1) is 16.5. The predicted octanol–water partition coefficient (Wildman–Crippen LogP) is 2.13. The van der Waals surface area contributed by atoms with Crippen molar-refractivity contribution in [2.75, 3.05) is 6.54 Å². The number of carbonyl (C=O) groups excluding carboxylic acids is 1. The molecule has 0 radical (unpaired) electrons. The fraction of sp³-hybridized carbons (Fsp3) is 0.214. The molecule has 0 spiro atoms. The maximum absolute atomic E-state index is 12.5. The molecule has 0 aromatic carbocycles. The van der Waals surface area contributed by atoms with Crippen LogP contribution in [0.2, 0.25) is 0 Å². The second-order valence-electron chi connectivity index (χ2n) is 4.63. The Morgan fingerprint density at radius 2 is 2.27 bits per heavy atom. The zero-order valence-corrected chi connectivity index (χ0v) is 13.6. The summed E-state index contributed by atoms with van der Waals surface area (Å²) in [6, 6.07) is 4.97. The van der Waals surface area contributed by atoms with Crippen LogP contribution in [0.1, 0.15) is 21.2 Å². The van der Waals surface area contributed by atoms with Crippen molar-refractivity contribution in [3.63, 3.8) is 0 Å². The second kappa shape index (κ2) is 6.47. The average Bonchev–Trinajstić information content (AvgIpc) is 3.06. The predicted molar refractivity (Wildman–Crippen MR) is 84.1 cm³/mol. The Morgan fingerprint density at radius 1 is 1.55 bits per heavy atom. The maximum atomic E-state index is 12.5. The number of sulfonamides is 1. The number of aryl methyl sites for hydroxylation is 1. The van der Waals surface area contributed by atoms with Crippen LogP contribution in [0.25, 0.3) is 0 Å². The number of thiophene rings is 1. The van der Waals surface area contributed by atoms with Gasteiger partial charge in [0.15, 0.2) is 5.76 Å². The van der Waals surface area contributed by atoms with E-state index < -0.39 is 15.9 Å². The topological polar surface area (TPSA) is 93.6 Å². The maximum Gasteiger partial charge on any atom is 0.290 e. The van der Waals surface area contributed by atoms with Crippen LogP contribution < -0.4 is 5.14 Å². The number of amides is 1. The lowest BCUT2D eigenvalue weighted by atomic mass is 10.3. The molecule has 0 unspecified atom stereocenters. The number of nitrogens with zero attached hydrogens (tertiary/aromatic N) is 1. The van der Waals surface area contributed by atoms with Gasteiger partial charge in [-0.2, -0.15) is 0 Å². The minimum Gasteiger partial charge on any atom is -0.455 e. The van der Waals surface area contributed by atoms with E-state index in [1.807, 2.05) is 17.5 Å². The van der Waals surface area contributed by atoms with Crippen molar-refractivity contribution >= 4 is 27.3 Å². The third kappa shape index (κ3) is 3.65. The molecule has 0 atom stereocenters. The van der Waals surface area contributed by atoms with Crippen LogP contribution in [0, 0.1) is 6.92 Å². The first-order valence-electron chi connectivity index (χ1n) is 6.38. The van der Waals surface area contributed by atoms with E-state index in [2.05, 4.69) is 6.58 Å². The summed E-state index contributed by atoms with van der Waals surface area (Å²) in [6.45, 7) is 5.80. The van der Waals surface area contributed by atoms with Gasteiger partial charge in [-0.1, -0.05) is 12.1 Å². The molecule has 22 heavy (non-hydrogen) atoms. The summed E-state index contributed by atoms with van der Waals surface area (Å²) in [5.41, 5.74) is 0. The highest BCUT2D eigenvalue weighted by atomic mass is 32.2. The number of rotatable bonds is 6. The van der Waals surface area contributed by atoms with Crippen molar-refractivity contribution < 1.29 is 17.6 Å². The number of carbonyl (C=O) groups is 1. The quantitative estimate of drug-likeness (QED) is 0.815. The van der Waals surface area contributed by atoms with Crippen LogP contribution >= 0.6 is 11.3 Å². The number of nitrogens with two attached hydrogens (primary N) is 1. The summed E-state index contributed by atoms with van der Waals surface area (Å²) < 4.78 is 28.1. The first-order valence-corrected chi connectivity index (χ1v) is 8.81. The van der Waals surface area contributed by atoms with Gasteiger partial charge in [0, 0.05) is 17.5 Å². The van der Waals surface area contributed by atoms with Crippen molar-refractivity contribution in [3.05, 3.63) is 52.6 Å².